The van der Waals surface area contributed by atoms with E-state index in [0.717, 1.165) is 0 Å². The Morgan fingerprint density at radius 2 is 2.14 bits per heavy atom. The molecule has 1 unspecified atom stereocenters. The zero-order chi connectivity index (χ0) is 5.70. The predicted octanol–water partition coefficient (Wildman–Crippen LogP) is -5.36. The number of hydrogen-bond acceptors (Lipinski definition) is 3. The molecule has 0 aliphatic rings. The molecule has 0 saturated heterocycles. The fourth-order valence-corrected chi connectivity index (χ4v) is 0.893. The van der Waals surface area contributed by atoms with Gasteiger partial charge < -0.3 is 0 Å². The van der Waals surface area contributed by atoms with E-state index in [0.29, 0.717) is 0 Å². The van der Waals surface area contributed by atoms with Crippen LogP contribution in [0.25, 0.3) is 0 Å². The zero-order valence-electron chi connectivity index (χ0n) is 4.29. The second-order valence-electron chi connectivity index (χ2n) is 0.807. The van der Waals surface area contributed by atoms with E-state index in [9.17, 15) is 5.21 Å². The van der Waals surface area contributed by atoms with Crippen LogP contribution < -0.4 is 34.1 Å². The molecule has 0 amide bonds. The molecule has 0 aromatic carbocycles. The maximum absolute atomic E-state index is 10.3. The molecule has 5 heteroatoms. The molecule has 0 aromatic heterocycles. The molecule has 7 heavy (non-hydrogen) atoms. The molecular formula is C2H9IN3O-. The topological polar surface area (TPSA) is 51.6 Å². The molecule has 0 bridgehead atoms. The number of quaternary nitrogens is 1. The van der Waals surface area contributed by atoms with Gasteiger partial charge in [0.1, 0.15) is 0 Å². The molecule has 3 N–H and O–H groups in total. The molecule has 0 rings (SSSR count). The Morgan fingerprint density at radius 1 is 1.57 bits per heavy atom. The minimum absolute atomic E-state index is 0.126. The second kappa shape index (κ2) is 4.72. The summed E-state index contributed by atoms with van der Waals surface area (Å²) in [7, 11) is 3.42. The van der Waals surface area contributed by atoms with Crippen LogP contribution >= 0.6 is 0 Å². The average Bonchev–Trinajstić information content (AvgIpc) is 1.68. The fraction of sp³-hybridized carbons (Fsp3) is 1.00. The first-order chi connectivity index (χ1) is 3.31. The normalized spacial score (nSPS) is 14.7. The molecule has 46 valence electrons. The quantitative estimate of drug-likeness (QED) is 0.252. The summed E-state index contributed by atoms with van der Waals surface area (Å²) in [5, 5.41) is 10.3. The number of rotatable bonds is 3. The Bertz CT molecular complexity index is 43.9. The molecule has 0 fully saturated rings. The van der Waals surface area contributed by atoms with Gasteiger partial charge in [0.25, 0.3) is 0 Å². The van der Waals surface area contributed by atoms with Gasteiger partial charge in [-0.3, -0.25) is 0 Å². The van der Waals surface area contributed by atoms with E-state index in [1.165, 1.54) is 0 Å². The number of nitrogens with one attached hydrogen (secondary N) is 3. The van der Waals surface area contributed by atoms with Gasteiger partial charge in [0.05, 0.1) is 0 Å². The summed E-state index contributed by atoms with van der Waals surface area (Å²) in [6, 6.07) is 0. The van der Waals surface area contributed by atoms with Gasteiger partial charge in [-0.25, -0.2) is 0 Å². The first kappa shape index (κ1) is 7.57. The van der Waals surface area contributed by atoms with Crippen molar-refractivity contribution >= 4 is 0 Å². The molecule has 0 heterocycles. The van der Waals surface area contributed by atoms with E-state index in [4.69, 9.17) is 0 Å². The van der Waals surface area contributed by atoms with Crippen molar-refractivity contribution in [2.45, 2.75) is 0 Å². The third-order valence-electron chi connectivity index (χ3n) is 0.377. The van der Waals surface area contributed by atoms with E-state index in [-0.39, 0.29) is 3.39 Å². The van der Waals surface area contributed by atoms with E-state index in [1.54, 1.807) is 14.1 Å². The van der Waals surface area contributed by atoms with Gasteiger partial charge in [0.2, 0.25) is 0 Å². The van der Waals surface area contributed by atoms with Crippen LogP contribution in [0.5, 0.6) is 0 Å². The third-order valence-corrected chi connectivity index (χ3v) is 1.95. The summed E-state index contributed by atoms with van der Waals surface area (Å²) >= 11 is -0.435. The predicted molar refractivity (Wildman–Crippen MR) is 22.4 cm³/mol. The standard InChI is InChI=1S/C2H9IN3O/c1-4-3-6(7)5-2/h4-6H,1-2H3/q-1. The average molecular weight is 218 g/mol. The third kappa shape index (κ3) is 4.42. The van der Waals surface area contributed by atoms with Gasteiger partial charge >= 0.3 is 53.4 Å². The minimum atomic E-state index is -0.435. The van der Waals surface area contributed by atoms with Crippen LogP contribution in [0.2, 0.25) is 0 Å². The molecule has 0 aliphatic heterocycles. The van der Waals surface area contributed by atoms with Crippen molar-refractivity contribution in [3.05, 3.63) is 5.21 Å². The van der Waals surface area contributed by atoms with Crippen LogP contribution in [0.15, 0.2) is 0 Å². The van der Waals surface area contributed by atoms with Crippen molar-refractivity contribution in [1.29, 1.82) is 0 Å². The molecular weight excluding hydrogens is 209 g/mol. The first-order valence-corrected chi connectivity index (χ1v) is 3.99. The zero-order valence-corrected chi connectivity index (χ0v) is 6.44. The van der Waals surface area contributed by atoms with Gasteiger partial charge in [-0.2, -0.15) is 0 Å². The van der Waals surface area contributed by atoms with Gasteiger partial charge in [0, 0.05) is 0 Å². The van der Waals surface area contributed by atoms with Crippen molar-refractivity contribution in [2.24, 2.45) is 0 Å². The van der Waals surface area contributed by atoms with Crippen LogP contribution in [-0.2, 0) is 0 Å². The Labute approximate surface area is 53.8 Å². The summed E-state index contributed by atoms with van der Waals surface area (Å²) in [6.07, 6.45) is 0. The van der Waals surface area contributed by atoms with E-state index in [1.807, 2.05) is 0 Å². The summed E-state index contributed by atoms with van der Waals surface area (Å²) < 4.78 is 2.94. The SMILES string of the molecule is CN[I-][NH+]([O-])NC. The number of hydrogen-bond donors (Lipinski definition) is 3. The van der Waals surface area contributed by atoms with Gasteiger partial charge in [-0.15, -0.1) is 0 Å². The molecule has 1 atom stereocenters. The van der Waals surface area contributed by atoms with Crippen LogP contribution in [0.4, 0.5) is 0 Å². The summed E-state index contributed by atoms with van der Waals surface area (Å²) in [6.45, 7) is 0. The van der Waals surface area contributed by atoms with Crippen molar-refractivity contribution in [3.63, 3.8) is 0 Å². The monoisotopic (exact) mass is 218 g/mol. The van der Waals surface area contributed by atoms with E-state index >= 15 is 0 Å². The molecule has 4 nitrogen and oxygen atoms in total. The van der Waals surface area contributed by atoms with Crippen LogP contribution in [0.3, 0.4) is 0 Å². The van der Waals surface area contributed by atoms with Crippen molar-refractivity contribution in [3.8, 4) is 0 Å². The number of halogens is 1. The van der Waals surface area contributed by atoms with Gasteiger partial charge in [-0.05, 0) is 0 Å². The van der Waals surface area contributed by atoms with Crippen LogP contribution in [0, 0.1) is 5.21 Å². The van der Waals surface area contributed by atoms with Crippen LogP contribution in [0.1, 0.15) is 0 Å². The molecule has 0 aliphatic carbocycles. The Hall–Kier alpha value is 0.570. The van der Waals surface area contributed by atoms with Crippen molar-refractivity contribution in [2.75, 3.05) is 14.1 Å². The Morgan fingerprint density at radius 3 is 2.29 bits per heavy atom. The van der Waals surface area contributed by atoms with Crippen LogP contribution in [-0.4, -0.2) is 14.1 Å². The van der Waals surface area contributed by atoms with E-state index in [2.05, 4.69) is 8.96 Å². The van der Waals surface area contributed by atoms with Crippen molar-refractivity contribution < 1.29 is 25.1 Å². The van der Waals surface area contributed by atoms with Gasteiger partial charge in [-0.1, -0.05) is 0 Å². The summed E-state index contributed by atoms with van der Waals surface area (Å²) in [4.78, 5) is 0. The Kier molecular flexibility index (Phi) is 5.11. The fourth-order valence-electron chi connectivity index (χ4n) is 0.133. The molecule has 0 aromatic rings. The van der Waals surface area contributed by atoms with Crippen molar-refractivity contribution in [1.82, 2.24) is 8.96 Å². The first-order valence-electron chi connectivity index (χ1n) is 1.83. The summed E-state index contributed by atoms with van der Waals surface area (Å²) in [5.41, 5.74) is 2.51. The Balaban J connectivity index is 2.83. The second-order valence-corrected chi connectivity index (χ2v) is 3.41. The molecule has 0 saturated carbocycles. The summed E-state index contributed by atoms with van der Waals surface area (Å²) in [5.74, 6) is 0. The van der Waals surface area contributed by atoms with E-state index < -0.39 is 21.8 Å². The molecule has 0 radical (unpaired) electrons. The molecule has 0 spiro atoms. The maximum atomic E-state index is 10.3. The van der Waals surface area contributed by atoms with Gasteiger partial charge in [0.15, 0.2) is 0 Å².